The Bertz CT molecular complexity index is 536. The molecule has 0 heterocycles. The van der Waals surface area contributed by atoms with Gasteiger partial charge in [-0.2, -0.15) is 0 Å². The highest BCUT2D eigenvalue weighted by Crippen LogP contribution is 2.23. The van der Waals surface area contributed by atoms with Gasteiger partial charge in [0.1, 0.15) is 6.04 Å². The fraction of sp³-hybridized carbons (Fsp3) is 0.500. The largest absolute Gasteiger partial charge is 0.480 e. The van der Waals surface area contributed by atoms with Crippen LogP contribution in [0.25, 0.3) is 0 Å². The lowest BCUT2D eigenvalue weighted by molar-refractivity contribution is -0.141. The van der Waals surface area contributed by atoms with Gasteiger partial charge in [-0.05, 0) is 37.3 Å². The predicted molar refractivity (Wildman–Crippen MR) is 83.7 cm³/mol. The van der Waals surface area contributed by atoms with Gasteiger partial charge in [0.2, 0.25) is 0 Å². The second-order valence-corrected chi connectivity index (χ2v) is 6.51. The van der Waals surface area contributed by atoms with E-state index in [0.717, 1.165) is 22.4 Å². The fourth-order valence-electron chi connectivity index (χ4n) is 2.31. The molecule has 1 rings (SSSR count). The standard InChI is InChI=1S/C16H24N2O3/c1-9-7-10(2)12(11(3)8-9)17-15(21)18-13(14(19)20)16(4,5)6/h7-8,13H,1-6H3,(H,19,20)(H2,17,18,21). The van der Waals surface area contributed by atoms with Gasteiger partial charge < -0.3 is 15.7 Å². The summed E-state index contributed by atoms with van der Waals surface area (Å²) in [5.41, 5.74) is 3.17. The Morgan fingerprint density at radius 1 is 1.10 bits per heavy atom. The minimum atomic E-state index is -1.05. The minimum absolute atomic E-state index is 0.507. The minimum Gasteiger partial charge on any atom is -0.480 e. The number of amides is 2. The van der Waals surface area contributed by atoms with E-state index < -0.39 is 23.5 Å². The SMILES string of the molecule is Cc1cc(C)c(NC(=O)NC(C(=O)O)C(C)(C)C)c(C)c1. The molecule has 0 fully saturated rings. The maximum Gasteiger partial charge on any atom is 0.326 e. The van der Waals surface area contributed by atoms with Crippen LogP contribution in [0.15, 0.2) is 12.1 Å². The third-order valence-corrected chi connectivity index (χ3v) is 3.30. The molecular weight excluding hydrogens is 268 g/mol. The Balaban J connectivity index is 2.90. The number of carboxylic acids is 1. The van der Waals surface area contributed by atoms with Crippen LogP contribution in [0, 0.1) is 26.2 Å². The van der Waals surface area contributed by atoms with Gasteiger partial charge in [-0.15, -0.1) is 0 Å². The Labute approximate surface area is 125 Å². The van der Waals surface area contributed by atoms with Gasteiger partial charge in [0.05, 0.1) is 0 Å². The molecule has 5 heteroatoms. The molecule has 0 aliphatic rings. The number of anilines is 1. The first-order valence-corrected chi connectivity index (χ1v) is 6.90. The monoisotopic (exact) mass is 292 g/mol. The molecule has 2 amide bonds. The van der Waals surface area contributed by atoms with Crippen LogP contribution in [0.5, 0.6) is 0 Å². The van der Waals surface area contributed by atoms with Gasteiger partial charge in [0.15, 0.2) is 0 Å². The Morgan fingerprint density at radius 3 is 1.95 bits per heavy atom. The number of carbonyl (C=O) groups excluding carboxylic acids is 1. The molecule has 21 heavy (non-hydrogen) atoms. The van der Waals surface area contributed by atoms with Crippen molar-refractivity contribution in [1.29, 1.82) is 0 Å². The highest BCUT2D eigenvalue weighted by atomic mass is 16.4. The van der Waals surface area contributed by atoms with E-state index in [4.69, 9.17) is 0 Å². The van der Waals surface area contributed by atoms with Crippen LogP contribution in [0.3, 0.4) is 0 Å². The number of aliphatic carboxylic acids is 1. The highest BCUT2D eigenvalue weighted by Gasteiger charge is 2.32. The number of hydrogen-bond donors (Lipinski definition) is 3. The summed E-state index contributed by atoms with van der Waals surface area (Å²) in [6, 6.07) is 2.48. The molecule has 1 atom stereocenters. The second kappa shape index (κ2) is 6.16. The van der Waals surface area contributed by atoms with Gasteiger partial charge >= 0.3 is 12.0 Å². The first-order valence-electron chi connectivity index (χ1n) is 6.90. The van der Waals surface area contributed by atoms with Gasteiger partial charge in [-0.1, -0.05) is 38.5 Å². The van der Waals surface area contributed by atoms with E-state index in [1.807, 2.05) is 32.9 Å². The molecule has 0 radical (unpaired) electrons. The fourth-order valence-corrected chi connectivity index (χ4v) is 2.31. The third kappa shape index (κ3) is 4.48. The zero-order valence-electron chi connectivity index (χ0n) is 13.5. The number of nitrogens with one attached hydrogen (secondary N) is 2. The predicted octanol–water partition coefficient (Wildman–Crippen LogP) is 3.23. The molecule has 5 nitrogen and oxygen atoms in total. The summed E-state index contributed by atoms with van der Waals surface area (Å²) in [7, 11) is 0. The quantitative estimate of drug-likeness (QED) is 0.800. The van der Waals surface area contributed by atoms with E-state index in [-0.39, 0.29) is 0 Å². The van der Waals surface area contributed by atoms with Crippen LogP contribution in [0.1, 0.15) is 37.5 Å². The van der Waals surface area contributed by atoms with Crippen molar-refractivity contribution in [3.63, 3.8) is 0 Å². The van der Waals surface area contributed by atoms with Crippen LogP contribution < -0.4 is 10.6 Å². The number of carboxylic acid groups (broad SMARTS) is 1. The Morgan fingerprint density at radius 2 is 1.57 bits per heavy atom. The van der Waals surface area contributed by atoms with E-state index in [2.05, 4.69) is 10.6 Å². The van der Waals surface area contributed by atoms with E-state index in [1.165, 1.54) is 0 Å². The van der Waals surface area contributed by atoms with Crippen molar-refractivity contribution < 1.29 is 14.7 Å². The summed E-state index contributed by atoms with van der Waals surface area (Å²) < 4.78 is 0. The van der Waals surface area contributed by atoms with E-state index >= 15 is 0 Å². The molecule has 0 saturated heterocycles. The van der Waals surface area contributed by atoms with Gasteiger partial charge in [-0.3, -0.25) is 0 Å². The topological polar surface area (TPSA) is 78.4 Å². The van der Waals surface area contributed by atoms with Crippen molar-refractivity contribution in [2.24, 2.45) is 5.41 Å². The van der Waals surface area contributed by atoms with Crippen LogP contribution in [-0.4, -0.2) is 23.1 Å². The molecular formula is C16H24N2O3. The van der Waals surface area contributed by atoms with Crippen molar-refractivity contribution in [2.45, 2.75) is 47.6 Å². The van der Waals surface area contributed by atoms with E-state index in [9.17, 15) is 14.7 Å². The zero-order chi connectivity index (χ0) is 16.4. The summed E-state index contributed by atoms with van der Waals surface area (Å²) in [6.07, 6.45) is 0. The van der Waals surface area contributed by atoms with Crippen molar-refractivity contribution in [1.82, 2.24) is 5.32 Å². The summed E-state index contributed by atoms with van der Waals surface area (Å²) in [6.45, 7) is 11.1. The van der Waals surface area contributed by atoms with Crippen molar-refractivity contribution in [3.05, 3.63) is 28.8 Å². The summed E-state index contributed by atoms with van der Waals surface area (Å²) in [4.78, 5) is 23.3. The normalized spacial score (nSPS) is 12.7. The number of carbonyl (C=O) groups is 2. The van der Waals surface area contributed by atoms with Crippen molar-refractivity contribution in [3.8, 4) is 0 Å². The van der Waals surface area contributed by atoms with Crippen LogP contribution in [0.2, 0.25) is 0 Å². The molecule has 1 aromatic rings. The Hall–Kier alpha value is -2.04. The molecule has 0 aliphatic heterocycles. The molecule has 3 N–H and O–H groups in total. The average molecular weight is 292 g/mol. The van der Waals surface area contributed by atoms with Crippen LogP contribution in [0.4, 0.5) is 10.5 Å². The van der Waals surface area contributed by atoms with Crippen molar-refractivity contribution >= 4 is 17.7 Å². The molecule has 0 saturated carbocycles. The number of benzene rings is 1. The second-order valence-electron chi connectivity index (χ2n) is 6.51. The number of aryl methyl sites for hydroxylation is 3. The number of rotatable bonds is 3. The summed E-state index contributed by atoms with van der Waals surface area (Å²) >= 11 is 0. The number of hydrogen-bond acceptors (Lipinski definition) is 2. The van der Waals surface area contributed by atoms with E-state index in [1.54, 1.807) is 20.8 Å². The van der Waals surface area contributed by atoms with Gasteiger partial charge in [0.25, 0.3) is 0 Å². The number of urea groups is 1. The zero-order valence-corrected chi connectivity index (χ0v) is 13.5. The van der Waals surface area contributed by atoms with Crippen LogP contribution >= 0.6 is 0 Å². The first kappa shape index (κ1) is 17.0. The van der Waals surface area contributed by atoms with Crippen molar-refractivity contribution in [2.75, 3.05) is 5.32 Å². The highest BCUT2D eigenvalue weighted by molar-refractivity contribution is 5.93. The lowest BCUT2D eigenvalue weighted by atomic mass is 9.87. The third-order valence-electron chi connectivity index (χ3n) is 3.30. The van der Waals surface area contributed by atoms with Gasteiger partial charge in [0, 0.05) is 5.69 Å². The lowest BCUT2D eigenvalue weighted by Gasteiger charge is -2.28. The molecule has 0 bridgehead atoms. The maximum absolute atomic E-state index is 12.1. The van der Waals surface area contributed by atoms with Gasteiger partial charge in [-0.25, -0.2) is 9.59 Å². The average Bonchev–Trinajstić information content (AvgIpc) is 2.28. The molecule has 116 valence electrons. The summed E-state index contributed by atoms with van der Waals surface area (Å²) in [5.74, 6) is -1.05. The van der Waals surface area contributed by atoms with Crippen LogP contribution in [-0.2, 0) is 4.79 Å². The lowest BCUT2D eigenvalue weighted by Crippen LogP contribution is -2.50. The van der Waals surface area contributed by atoms with E-state index in [0.29, 0.717) is 0 Å². The Kier molecular flexibility index (Phi) is 4.99. The molecule has 1 unspecified atom stereocenters. The first-order chi connectivity index (χ1) is 9.52. The smallest absolute Gasteiger partial charge is 0.326 e. The maximum atomic E-state index is 12.1. The molecule has 1 aromatic carbocycles. The molecule has 0 aromatic heterocycles. The molecule has 0 aliphatic carbocycles. The molecule has 0 spiro atoms. The summed E-state index contributed by atoms with van der Waals surface area (Å²) in [5, 5.41) is 14.5.